The second-order valence-electron chi connectivity index (χ2n) is 5.51. The van der Waals surface area contributed by atoms with Gasteiger partial charge in [-0.05, 0) is 30.9 Å². The zero-order valence-electron chi connectivity index (χ0n) is 12.2. The van der Waals surface area contributed by atoms with Gasteiger partial charge in [-0.15, -0.1) is 0 Å². The van der Waals surface area contributed by atoms with Crippen molar-refractivity contribution in [2.75, 3.05) is 19.4 Å². The van der Waals surface area contributed by atoms with Crippen LogP contribution in [0.15, 0.2) is 18.2 Å². The van der Waals surface area contributed by atoms with E-state index >= 15 is 0 Å². The molecular formula is C16H24N2O2. The highest BCUT2D eigenvalue weighted by Crippen LogP contribution is 2.28. The molecule has 0 heterocycles. The number of carbonyl (C=O) groups is 1. The smallest absolute Gasteiger partial charge is 0.255 e. The minimum Gasteiger partial charge on any atom is -0.496 e. The van der Waals surface area contributed by atoms with Crippen molar-refractivity contribution < 1.29 is 9.53 Å². The Morgan fingerprint density at radius 3 is 2.85 bits per heavy atom. The lowest BCUT2D eigenvalue weighted by molar-refractivity contribution is 0.0949. The minimum absolute atomic E-state index is 0.0896. The fraction of sp³-hybridized carbons (Fsp3) is 0.562. The van der Waals surface area contributed by atoms with Gasteiger partial charge in [-0.1, -0.05) is 25.7 Å². The van der Waals surface area contributed by atoms with Crippen LogP contribution in [-0.2, 0) is 0 Å². The molecule has 4 heteroatoms. The summed E-state index contributed by atoms with van der Waals surface area (Å²) in [5, 5.41) is 2.96. The van der Waals surface area contributed by atoms with E-state index in [9.17, 15) is 4.79 Å². The first kappa shape index (κ1) is 14.7. The highest BCUT2D eigenvalue weighted by molar-refractivity contribution is 5.97. The number of rotatable bonds is 6. The van der Waals surface area contributed by atoms with Gasteiger partial charge in [0.1, 0.15) is 5.75 Å². The molecule has 0 atom stereocenters. The Morgan fingerprint density at radius 2 is 2.15 bits per heavy atom. The molecule has 1 aliphatic rings. The van der Waals surface area contributed by atoms with Crippen LogP contribution in [0, 0.1) is 5.92 Å². The van der Waals surface area contributed by atoms with Gasteiger partial charge in [0, 0.05) is 18.3 Å². The number of benzene rings is 1. The van der Waals surface area contributed by atoms with E-state index in [1.54, 1.807) is 25.3 Å². The maximum Gasteiger partial charge on any atom is 0.255 e. The first-order valence-electron chi connectivity index (χ1n) is 7.42. The highest BCUT2D eigenvalue weighted by atomic mass is 16.5. The van der Waals surface area contributed by atoms with E-state index in [4.69, 9.17) is 10.5 Å². The van der Waals surface area contributed by atoms with Gasteiger partial charge in [-0.2, -0.15) is 0 Å². The molecule has 110 valence electrons. The molecule has 2 rings (SSSR count). The van der Waals surface area contributed by atoms with Gasteiger partial charge in [0.05, 0.1) is 12.7 Å². The van der Waals surface area contributed by atoms with Crippen molar-refractivity contribution in [3.63, 3.8) is 0 Å². The summed E-state index contributed by atoms with van der Waals surface area (Å²) >= 11 is 0. The minimum atomic E-state index is -0.0896. The Balaban J connectivity index is 1.79. The van der Waals surface area contributed by atoms with Crippen LogP contribution in [0.1, 0.15) is 48.9 Å². The molecule has 0 saturated heterocycles. The van der Waals surface area contributed by atoms with Crippen LogP contribution in [0.3, 0.4) is 0 Å². The molecule has 20 heavy (non-hydrogen) atoms. The summed E-state index contributed by atoms with van der Waals surface area (Å²) in [6.45, 7) is 0.725. The summed E-state index contributed by atoms with van der Waals surface area (Å²) in [6, 6.07) is 5.10. The molecule has 0 spiro atoms. The Bertz CT molecular complexity index is 454. The number of nitrogen functional groups attached to an aromatic ring is 1. The van der Waals surface area contributed by atoms with Crippen LogP contribution in [0.4, 0.5) is 5.69 Å². The molecule has 0 aromatic heterocycles. The third kappa shape index (κ3) is 3.89. The van der Waals surface area contributed by atoms with E-state index in [0.717, 1.165) is 18.9 Å². The van der Waals surface area contributed by atoms with Crippen molar-refractivity contribution >= 4 is 11.6 Å². The summed E-state index contributed by atoms with van der Waals surface area (Å²) < 4.78 is 5.19. The quantitative estimate of drug-likeness (QED) is 0.620. The van der Waals surface area contributed by atoms with Gasteiger partial charge in [0.15, 0.2) is 0 Å². The van der Waals surface area contributed by atoms with Crippen molar-refractivity contribution in [2.24, 2.45) is 5.92 Å². The molecule has 0 unspecified atom stereocenters. The average molecular weight is 276 g/mol. The molecule has 3 N–H and O–H groups in total. The van der Waals surface area contributed by atoms with Gasteiger partial charge in [0.25, 0.3) is 5.91 Å². The topological polar surface area (TPSA) is 64.3 Å². The Hall–Kier alpha value is -1.71. The lowest BCUT2D eigenvalue weighted by Gasteiger charge is -2.11. The summed E-state index contributed by atoms with van der Waals surface area (Å²) in [5.41, 5.74) is 6.82. The molecule has 1 fully saturated rings. The predicted octanol–water partition coefficient (Wildman–Crippen LogP) is 2.98. The number of anilines is 1. The van der Waals surface area contributed by atoms with Gasteiger partial charge in [-0.25, -0.2) is 0 Å². The van der Waals surface area contributed by atoms with E-state index in [-0.39, 0.29) is 5.91 Å². The van der Waals surface area contributed by atoms with E-state index in [0.29, 0.717) is 17.0 Å². The Kier molecular flexibility index (Phi) is 5.27. The maximum absolute atomic E-state index is 12.1. The maximum atomic E-state index is 12.1. The fourth-order valence-electron chi connectivity index (χ4n) is 2.88. The van der Waals surface area contributed by atoms with E-state index in [1.807, 2.05) is 0 Å². The standard InChI is InChI=1S/C16H24N2O2/c1-20-15-11-13(17)8-9-14(15)16(19)18-10-4-7-12-5-2-3-6-12/h8-9,11-12H,2-7,10,17H2,1H3,(H,18,19). The van der Waals surface area contributed by atoms with Gasteiger partial charge >= 0.3 is 0 Å². The van der Waals surface area contributed by atoms with Crippen molar-refractivity contribution in [3.05, 3.63) is 23.8 Å². The molecule has 1 saturated carbocycles. The monoisotopic (exact) mass is 276 g/mol. The number of ether oxygens (including phenoxy) is 1. The number of amides is 1. The normalized spacial score (nSPS) is 15.2. The molecule has 4 nitrogen and oxygen atoms in total. The van der Waals surface area contributed by atoms with Crippen molar-refractivity contribution in [3.8, 4) is 5.75 Å². The van der Waals surface area contributed by atoms with Crippen LogP contribution in [0.2, 0.25) is 0 Å². The molecule has 1 amide bonds. The first-order valence-corrected chi connectivity index (χ1v) is 7.42. The summed E-state index contributed by atoms with van der Waals surface area (Å²) in [4.78, 5) is 12.1. The molecule has 1 aromatic carbocycles. The third-order valence-corrected chi connectivity index (χ3v) is 4.02. The average Bonchev–Trinajstić information content (AvgIpc) is 2.96. The zero-order valence-corrected chi connectivity index (χ0v) is 12.2. The predicted molar refractivity (Wildman–Crippen MR) is 80.9 cm³/mol. The second kappa shape index (κ2) is 7.17. The fourth-order valence-corrected chi connectivity index (χ4v) is 2.88. The first-order chi connectivity index (χ1) is 9.70. The van der Waals surface area contributed by atoms with Gasteiger partial charge in [0.2, 0.25) is 0 Å². The number of carbonyl (C=O) groups excluding carboxylic acids is 1. The number of methoxy groups -OCH3 is 1. The number of hydrogen-bond acceptors (Lipinski definition) is 3. The molecule has 1 aliphatic carbocycles. The molecule has 0 aliphatic heterocycles. The van der Waals surface area contributed by atoms with Crippen LogP contribution in [0.25, 0.3) is 0 Å². The summed E-state index contributed by atoms with van der Waals surface area (Å²) in [6.07, 6.45) is 7.74. The van der Waals surface area contributed by atoms with E-state index in [2.05, 4.69) is 5.32 Å². The molecule has 0 radical (unpaired) electrons. The van der Waals surface area contributed by atoms with Crippen molar-refractivity contribution in [2.45, 2.75) is 38.5 Å². The van der Waals surface area contributed by atoms with Crippen LogP contribution in [0.5, 0.6) is 5.75 Å². The highest BCUT2D eigenvalue weighted by Gasteiger charge is 2.15. The van der Waals surface area contributed by atoms with E-state index in [1.165, 1.54) is 32.1 Å². The number of hydrogen-bond donors (Lipinski definition) is 2. The van der Waals surface area contributed by atoms with Crippen LogP contribution >= 0.6 is 0 Å². The number of nitrogens with two attached hydrogens (primary N) is 1. The Labute approximate surface area is 120 Å². The third-order valence-electron chi connectivity index (χ3n) is 4.02. The largest absolute Gasteiger partial charge is 0.496 e. The van der Waals surface area contributed by atoms with Gasteiger partial charge < -0.3 is 15.8 Å². The Morgan fingerprint density at radius 1 is 1.40 bits per heavy atom. The van der Waals surface area contributed by atoms with Crippen molar-refractivity contribution in [1.82, 2.24) is 5.32 Å². The molecule has 0 bridgehead atoms. The lowest BCUT2D eigenvalue weighted by Crippen LogP contribution is -2.25. The summed E-state index contributed by atoms with van der Waals surface area (Å²) in [7, 11) is 1.55. The SMILES string of the molecule is COc1cc(N)ccc1C(=O)NCCCC1CCCC1. The van der Waals surface area contributed by atoms with Gasteiger partial charge in [-0.3, -0.25) is 4.79 Å². The molecular weight excluding hydrogens is 252 g/mol. The van der Waals surface area contributed by atoms with Crippen LogP contribution in [-0.4, -0.2) is 19.6 Å². The zero-order chi connectivity index (χ0) is 14.4. The van der Waals surface area contributed by atoms with Crippen molar-refractivity contribution in [1.29, 1.82) is 0 Å². The van der Waals surface area contributed by atoms with Crippen LogP contribution < -0.4 is 15.8 Å². The molecule has 1 aromatic rings. The number of nitrogens with one attached hydrogen (secondary N) is 1. The lowest BCUT2D eigenvalue weighted by atomic mass is 10.0. The second-order valence-corrected chi connectivity index (χ2v) is 5.51. The van der Waals surface area contributed by atoms with E-state index < -0.39 is 0 Å². The summed E-state index contributed by atoms with van der Waals surface area (Å²) in [5.74, 6) is 1.31.